The molecule has 0 spiro atoms. The number of carbonyl (C=O) groups excluding carboxylic acids is 11. The second-order valence-electron chi connectivity index (χ2n) is 22.4. The second-order valence-corrected chi connectivity index (χ2v) is 23.4. The number of aliphatic carboxylic acids is 2. The van der Waals surface area contributed by atoms with E-state index in [0.29, 0.717) is 5.75 Å². The largest absolute Gasteiger partial charge is 0.481 e. The van der Waals surface area contributed by atoms with Crippen LogP contribution in [0.15, 0.2) is 17.5 Å². The third-order valence-corrected chi connectivity index (χ3v) is 14.3. The smallest absolute Gasteiger partial charge is 0.326 e. The molecule has 526 valence electrons. The van der Waals surface area contributed by atoms with E-state index in [-0.39, 0.29) is 49.8 Å². The quantitative estimate of drug-likeness (QED) is 0.0164. The lowest BCUT2D eigenvalue weighted by Gasteiger charge is -2.29. The van der Waals surface area contributed by atoms with Gasteiger partial charge in [-0.15, -0.1) is 0 Å². The Labute approximate surface area is 539 Å². The molecule has 0 bridgehead atoms. The third-order valence-electron chi connectivity index (χ3n) is 13.6. The van der Waals surface area contributed by atoms with Gasteiger partial charge in [-0.2, -0.15) is 11.8 Å². The lowest BCUT2D eigenvalue weighted by molar-refractivity contribution is -0.143. The number of aromatic amines is 1. The molecule has 0 fully saturated rings. The molecule has 0 radical (unpaired) electrons. The first-order valence-corrected chi connectivity index (χ1v) is 30.9. The van der Waals surface area contributed by atoms with E-state index >= 15 is 0 Å². The zero-order valence-corrected chi connectivity index (χ0v) is 53.7. The van der Waals surface area contributed by atoms with Crippen LogP contribution in [0.3, 0.4) is 0 Å². The van der Waals surface area contributed by atoms with Gasteiger partial charge in [0.05, 0.1) is 50.5 Å². The maximum atomic E-state index is 14.1. The molecule has 1 rings (SSSR count). The van der Waals surface area contributed by atoms with Gasteiger partial charge in [-0.3, -0.25) is 62.5 Å². The number of carboxylic acids is 2. The molecule has 38 nitrogen and oxygen atoms in total. The van der Waals surface area contributed by atoms with Crippen LogP contribution in [0.1, 0.15) is 92.7 Å². The molecule has 0 unspecified atom stereocenters. The van der Waals surface area contributed by atoms with Crippen molar-refractivity contribution in [2.24, 2.45) is 34.0 Å². The molecule has 15 atom stereocenters. The Morgan fingerprint density at radius 3 is 1.28 bits per heavy atom. The fourth-order valence-corrected chi connectivity index (χ4v) is 8.93. The molecule has 0 aliphatic rings. The maximum absolute atomic E-state index is 14.1. The van der Waals surface area contributed by atoms with E-state index in [1.54, 1.807) is 20.1 Å². The monoisotopic (exact) mass is 1350 g/mol. The number of hydrogen-bond acceptors (Lipinski definition) is 23. The van der Waals surface area contributed by atoms with Gasteiger partial charge in [-0.25, -0.2) is 9.78 Å². The van der Waals surface area contributed by atoms with Crippen molar-refractivity contribution < 1.29 is 103 Å². The number of aliphatic hydroxyl groups excluding tert-OH is 6. The molecular formula is C54H93N17O21S. The Kier molecular flexibility index (Phi) is 37.3. The molecule has 0 aliphatic carbocycles. The fourth-order valence-electron chi connectivity index (χ4n) is 8.46. The highest BCUT2D eigenvalue weighted by Gasteiger charge is 2.39. The molecule has 0 saturated heterocycles. The van der Waals surface area contributed by atoms with Gasteiger partial charge in [-0.1, -0.05) is 27.7 Å². The summed E-state index contributed by atoms with van der Waals surface area (Å²) in [6.45, 7) is 6.35. The first-order valence-electron chi connectivity index (χ1n) is 29.5. The van der Waals surface area contributed by atoms with Gasteiger partial charge in [0.15, 0.2) is 5.96 Å². The number of hydrogen-bond donors (Lipinski definition) is 23. The first-order chi connectivity index (χ1) is 43.5. The molecule has 93 heavy (non-hydrogen) atoms. The van der Waals surface area contributed by atoms with Gasteiger partial charge in [0.2, 0.25) is 65.0 Å². The van der Waals surface area contributed by atoms with E-state index in [0.717, 1.165) is 20.8 Å². The normalized spacial score (nSPS) is 16.1. The third kappa shape index (κ3) is 29.9. The summed E-state index contributed by atoms with van der Waals surface area (Å²) >= 11 is 1.29. The van der Waals surface area contributed by atoms with Gasteiger partial charge in [0.1, 0.15) is 66.5 Å². The number of carboxylic acid groups (broad SMARTS) is 2. The highest BCUT2D eigenvalue weighted by atomic mass is 32.2. The van der Waals surface area contributed by atoms with Crippen molar-refractivity contribution in [2.45, 2.75) is 184 Å². The minimum Gasteiger partial charge on any atom is -0.481 e. The van der Waals surface area contributed by atoms with Crippen LogP contribution in [-0.4, -0.2) is 263 Å². The molecule has 39 heteroatoms. The molecule has 0 saturated carbocycles. The van der Waals surface area contributed by atoms with Gasteiger partial charge >= 0.3 is 11.9 Å². The predicted octanol–water partition coefficient (Wildman–Crippen LogP) is -9.81. The number of amides is 11. The van der Waals surface area contributed by atoms with Crippen molar-refractivity contribution >= 4 is 94.6 Å². The maximum Gasteiger partial charge on any atom is 0.326 e. The summed E-state index contributed by atoms with van der Waals surface area (Å²) in [7, 11) is 0. The van der Waals surface area contributed by atoms with Gasteiger partial charge < -0.3 is 122 Å². The van der Waals surface area contributed by atoms with Crippen molar-refractivity contribution in [1.82, 2.24) is 68.5 Å². The fraction of sp³-hybridized carbons (Fsp3) is 0.685. The Balaban J connectivity index is 3.49. The second kappa shape index (κ2) is 42.0. The Hall–Kier alpha value is -8.34. The number of nitrogens with one attached hydrogen (secondary N) is 12. The van der Waals surface area contributed by atoms with Crippen molar-refractivity contribution in [2.75, 3.05) is 38.4 Å². The number of imidazole rings is 1. The average Bonchev–Trinajstić information content (AvgIpc) is 1.46. The lowest BCUT2D eigenvalue weighted by atomic mass is 10.0. The molecule has 11 amide bonds. The van der Waals surface area contributed by atoms with E-state index in [4.69, 9.17) is 17.2 Å². The number of nitrogens with two attached hydrogens (primary N) is 3. The Morgan fingerprint density at radius 1 is 0.516 bits per heavy atom. The van der Waals surface area contributed by atoms with Crippen LogP contribution in [0.4, 0.5) is 0 Å². The van der Waals surface area contributed by atoms with Gasteiger partial charge in [-0.05, 0) is 76.7 Å². The molecular weight excluding hydrogens is 1250 g/mol. The zero-order valence-electron chi connectivity index (χ0n) is 52.9. The number of aliphatic hydroxyl groups is 6. The van der Waals surface area contributed by atoms with Crippen LogP contribution in [0.5, 0.6) is 0 Å². The number of aromatic nitrogens is 2. The number of thioether (sulfide) groups is 1. The summed E-state index contributed by atoms with van der Waals surface area (Å²) < 4.78 is 0. The number of guanidine groups is 1. The summed E-state index contributed by atoms with van der Waals surface area (Å²) in [5.74, 6) is -16.5. The molecule has 26 N–H and O–H groups in total. The summed E-state index contributed by atoms with van der Waals surface area (Å²) in [5, 5.41) is 107. The number of rotatable bonds is 44. The number of carbonyl (C=O) groups is 13. The van der Waals surface area contributed by atoms with E-state index in [9.17, 15) is 103 Å². The average molecular weight is 1350 g/mol. The van der Waals surface area contributed by atoms with Crippen molar-refractivity contribution in [3.8, 4) is 0 Å². The Bertz CT molecular complexity index is 2680. The highest BCUT2D eigenvalue weighted by Crippen LogP contribution is 2.11. The topological polar surface area (TPSA) is 635 Å². The van der Waals surface area contributed by atoms with Crippen molar-refractivity contribution in [1.29, 1.82) is 0 Å². The first kappa shape index (κ1) is 82.7. The highest BCUT2D eigenvalue weighted by molar-refractivity contribution is 7.98. The summed E-state index contributed by atoms with van der Waals surface area (Å²) in [6, 6.07) is -20.6. The van der Waals surface area contributed by atoms with Crippen LogP contribution in [0.25, 0.3) is 0 Å². The molecule has 1 aromatic rings. The van der Waals surface area contributed by atoms with E-state index in [2.05, 4.69) is 73.4 Å². The van der Waals surface area contributed by atoms with E-state index in [1.807, 2.05) is 0 Å². The van der Waals surface area contributed by atoms with Crippen LogP contribution in [0, 0.1) is 11.8 Å². The van der Waals surface area contributed by atoms with Crippen LogP contribution in [-0.2, 0) is 68.7 Å². The number of aliphatic imine (C=N–C) groups is 1. The van der Waals surface area contributed by atoms with E-state index in [1.165, 1.54) is 38.1 Å². The molecule has 0 aromatic carbocycles. The van der Waals surface area contributed by atoms with E-state index < -0.39 is 213 Å². The van der Waals surface area contributed by atoms with Gasteiger partial charge in [0, 0.05) is 31.3 Å². The van der Waals surface area contributed by atoms with Crippen LogP contribution < -0.4 is 75.7 Å². The summed E-state index contributed by atoms with van der Waals surface area (Å²) in [4.78, 5) is 184. The van der Waals surface area contributed by atoms with Gasteiger partial charge in [0.25, 0.3) is 0 Å². The lowest BCUT2D eigenvalue weighted by Crippen LogP contribution is -2.64. The minimum absolute atomic E-state index is 0.0184. The Morgan fingerprint density at radius 2 is 0.882 bits per heavy atom. The summed E-state index contributed by atoms with van der Waals surface area (Å²) in [5.41, 5.74) is 16.9. The van der Waals surface area contributed by atoms with Crippen molar-refractivity contribution in [3.63, 3.8) is 0 Å². The van der Waals surface area contributed by atoms with Crippen LogP contribution >= 0.6 is 11.8 Å². The number of nitrogens with zero attached hydrogens (tertiary/aromatic N) is 2. The molecule has 1 aromatic heterocycles. The molecule has 1 heterocycles. The standard InChI is InChI=1S/C54H93N17O21S/c1-23(2)16-29(55)42(80)65-36(21-74)49(87)70-39(25(5)75)51(89)64-33(17-28-18-58-22-60-28)46(84)69-41(27(7)77)52(90)71-40(26(6)76)50(88)63-31(11-12-37(78)79)44(82)67-34(19-72)47(85)61-30(10-9-14-59-54(56)57)43(81)66-35(20-73)48(86)62-32(13-15-93-8)45(83)68-38(24(3)4)53(91)92/h18,22-27,29-36,38-41,72-77H,9-17,19-21,55H2,1-8H3,(H,58,60)(H,61,85)(H,62,86)(H,63,88)(H,64,89)(H,65,80)(H,66,81)(H,67,82)(H,68,83)(H,69,84)(H,70,87)(H,71,90)(H,78,79)(H,91,92)(H4,56,57,59)/t25-,26-,27-,29+,30+,31+,32+,33+,34+,35+,36+,38+,39+,40+,41+/m1/s1. The predicted molar refractivity (Wildman–Crippen MR) is 330 cm³/mol. The summed E-state index contributed by atoms with van der Waals surface area (Å²) in [6.07, 6.45) is -3.50. The van der Waals surface area contributed by atoms with Crippen molar-refractivity contribution in [3.05, 3.63) is 18.2 Å². The minimum atomic E-state index is -2.10. The zero-order chi connectivity index (χ0) is 71.0. The number of H-pyrrole nitrogens is 1. The van der Waals surface area contributed by atoms with Crippen LogP contribution in [0.2, 0.25) is 0 Å². The molecule has 0 aliphatic heterocycles. The SMILES string of the molecule is CSCC[C@H](NC(=O)[C@H](CO)NC(=O)[C@H](CCCN=C(N)N)NC(=O)[C@H](CO)NC(=O)[C@H](CCC(=O)O)NC(=O)[C@@H](NC(=O)[C@@H](NC(=O)[C@H](Cc1cnc[nH]1)NC(=O)[C@@H](NC(=O)[C@H](CO)NC(=O)[C@@H](N)CC(C)C)[C@@H](C)O)[C@@H](C)O)[C@@H](C)O)C(=O)N[C@H](C(=O)O)C(C)C.